The molecule has 1 aromatic heterocycles. The zero-order chi connectivity index (χ0) is 32.8. The molecule has 0 bridgehead atoms. The quantitative estimate of drug-likeness (QED) is 0.0851. The number of aliphatic hydroxyl groups excluding tert-OH is 1. The molecule has 47 heavy (non-hydrogen) atoms. The maximum Gasteiger partial charge on any atom is 0.162 e. The molecule has 0 aliphatic carbocycles. The summed E-state index contributed by atoms with van der Waals surface area (Å²) in [6, 6.07) is 31.9. The van der Waals surface area contributed by atoms with E-state index in [-0.39, 0.29) is 43.5 Å². The second-order valence-corrected chi connectivity index (χ2v) is 12.8. The number of rotatable bonds is 10. The molecule has 5 heteroatoms. The Balaban J connectivity index is 0.000000269. The number of nitrogens with zero attached hydrogens (tertiary/aromatic N) is 2. The van der Waals surface area contributed by atoms with Crippen molar-refractivity contribution in [2.75, 3.05) is 4.90 Å². The van der Waals surface area contributed by atoms with Crippen molar-refractivity contribution in [2.24, 2.45) is 17.8 Å². The van der Waals surface area contributed by atoms with E-state index < -0.39 is 0 Å². The number of aliphatic hydroxyl groups is 1. The predicted octanol–water partition coefficient (Wildman–Crippen LogP) is 11.7. The number of anilines is 3. The molecule has 0 fully saturated rings. The summed E-state index contributed by atoms with van der Waals surface area (Å²) in [4.78, 5) is 19.0. The van der Waals surface area contributed by atoms with Gasteiger partial charge in [-0.3, -0.25) is 9.78 Å². The molecule has 5 aromatic rings. The van der Waals surface area contributed by atoms with Gasteiger partial charge in [0.05, 0.1) is 5.76 Å². The Hall–Kier alpha value is -3.79. The first-order valence-electron chi connectivity index (χ1n) is 17.0. The summed E-state index contributed by atoms with van der Waals surface area (Å²) in [5, 5.41) is 14.5. The molecule has 0 atom stereocenters. The summed E-state index contributed by atoms with van der Waals surface area (Å²) in [6.45, 7) is 12.6. The SMILES string of the molecule is CC(C)Cc1cc2c3c(nccc3c1)-c1[c-]c3ccccc3cc1N2c1ccccc1.CCC(CC)C(=O)/C=C(\O)C(CC)CC.[Ir]. The van der Waals surface area contributed by atoms with E-state index in [1.807, 2.05) is 33.9 Å². The molecule has 4 nitrogen and oxygen atoms in total. The van der Waals surface area contributed by atoms with Crippen molar-refractivity contribution in [3.8, 4) is 11.3 Å². The van der Waals surface area contributed by atoms with Crippen LogP contribution in [0, 0.1) is 23.8 Å². The maximum atomic E-state index is 11.7. The standard InChI is InChI=1S/C29H23N2.C13H24O2.Ir/c1-19(2)14-20-15-23-12-13-30-29-25-17-21-8-6-7-9-22(21)18-26(25)31(27(16-20)28(23)29)24-10-4-3-5-11-24;1-5-10(6-2)12(14)9-13(15)11(7-3)8-4;/h3-13,15-16,18-19H,14H2,1-2H3;9-11,14H,5-8H2,1-4H3;/q-1;;/b;12-9-;. The molecule has 0 saturated carbocycles. The van der Waals surface area contributed by atoms with Gasteiger partial charge in [0.25, 0.3) is 0 Å². The summed E-state index contributed by atoms with van der Waals surface area (Å²) in [5.41, 5.74) is 6.96. The average Bonchev–Trinajstić information content (AvgIpc) is 3.05. The van der Waals surface area contributed by atoms with Crippen molar-refractivity contribution < 1.29 is 30.0 Å². The van der Waals surface area contributed by atoms with Crippen LogP contribution in [-0.4, -0.2) is 15.9 Å². The van der Waals surface area contributed by atoms with Crippen LogP contribution in [0.1, 0.15) is 72.8 Å². The molecule has 1 aliphatic heterocycles. The Morgan fingerprint density at radius 2 is 1.49 bits per heavy atom. The molecular formula is C42H47IrN2O2-. The van der Waals surface area contributed by atoms with Crippen molar-refractivity contribution in [1.29, 1.82) is 0 Å². The molecule has 0 amide bonds. The molecule has 6 rings (SSSR count). The molecule has 0 unspecified atom stereocenters. The molecule has 4 aromatic carbocycles. The van der Waals surface area contributed by atoms with E-state index in [0.717, 1.165) is 60.1 Å². The smallest absolute Gasteiger partial charge is 0.162 e. The van der Waals surface area contributed by atoms with Gasteiger partial charge in [-0.25, -0.2) is 0 Å². The number of aromatic nitrogens is 1. The molecule has 2 heterocycles. The molecule has 0 saturated heterocycles. The minimum Gasteiger partial charge on any atom is -0.512 e. The van der Waals surface area contributed by atoms with Crippen LogP contribution in [-0.2, 0) is 31.3 Å². The number of carbonyl (C=O) groups excluding carboxylic acids is 1. The topological polar surface area (TPSA) is 53.4 Å². The third-order valence-electron chi connectivity index (χ3n) is 9.13. The minimum atomic E-state index is 0. The summed E-state index contributed by atoms with van der Waals surface area (Å²) in [6.07, 6.45) is 7.90. The van der Waals surface area contributed by atoms with Gasteiger partial charge in [-0.2, -0.15) is 0 Å². The van der Waals surface area contributed by atoms with Crippen molar-refractivity contribution in [3.05, 3.63) is 109 Å². The first kappa shape index (κ1) is 36.1. The van der Waals surface area contributed by atoms with Gasteiger partial charge in [-0.05, 0) is 84.3 Å². The van der Waals surface area contributed by atoms with Gasteiger partial charge in [0.1, 0.15) is 0 Å². The summed E-state index contributed by atoms with van der Waals surface area (Å²) < 4.78 is 0. The van der Waals surface area contributed by atoms with Gasteiger partial charge in [-0.15, -0.1) is 17.5 Å². The van der Waals surface area contributed by atoms with Crippen molar-refractivity contribution in [2.45, 2.75) is 73.6 Å². The Labute approximate surface area is 294 Å². The zero-order valence-corrected chi connectivity index (χ0v) is 30.9. The number of benzene rings is 4. The van der Waals surface area contributed by atoms with Gasteiger partial charge in [0.2, 0.25) is 0 Å². The molecule has 1 aliphatic rings. The molecular weight excluding hydrogens is 757 g/mol. The van der Waals surface area contributed by atoms with Crippen LogP contribution >= 0.6 is 0 Å². The van der Waals surface area contributed by atoms with Crippen LogP contribution in [0.3, 0.4) is 0 Å². The van der Waals surface area contributed by atoms with Gasteiger partial charge in [0, 0.05) is 61.3 Å². The van der Waals surface area contributed by atoms with E-state index in [0.29, 0.717) is 5.92 Å². The molecule has 1 N–H and O–H groups in total. The number of carbonyl (C=O) groups is 1. The molecule has 247 valence electrons. The van der Waals surface area contributed by atoms with E-state index in [1.165, 1.54) is 33.5 Å². The van der Waals surface area contributed by atoms with Crippen LogP contribution in [0.2, 0.25) is 0 Å². The number of hydrogen-bond donors (Lipinski definition) is 1. The van der Waals surface area contributed by atoms with E-state index in [1.54, 1.807) is 0 Å². The Kier molecular flexibility index (Phi) is 12.5. The second-order valence-electron chi connectivity index (χ2n) is 12.8. The van der Waals surface area contributed by atoms with Crippen LogP contribution in [0.4, 0.5) is 17.1 Å². The van der Waals surface area contributed by atoms with Gasteiger partial charge < -0.3 is 10.0 Å². The Bertz CT molecular complexity index is 1840. The van der Waals surface area contributed by atoms with E-state index in [2.05, 4.69) is 104 Å². The second kappa shape index (κ2) is 16.4. The van der Waals surface area contributed by atoms with Crippen molar-refractivity contribution in [1.82, 2.24) is 4.98 Å². The van der Waals surface area contributed by atoms with Crippen molar-refractivity contribution >= 4 is 44.4 Å². The van der Waals surface area contributed by atoms with E-state index in [4.69, 9.17) is 4.98 Å². The monoisotopic (exact) mass is 804 g/mol. The fourth-order valence-corrected chi connectivity index (χ4v) is 6.59. The maximum absolute atomic E-state index is 11.7. The number of para-hydroxylation sites is 1. The third kappa shape index (κ3) is 7.85. The first-order valence-corrected chi connectivity index (χ1v) is 17.0. The van der Waals surface area contributed by atoms with Crippen LogP contribution < -0.4 is 4.90 Å². The normalized spacial score (nSPS) is 12.3. The zero-order valence-electron chi connectivity index (χ0n) is 28.5. The van der Waals surface area contributed by atoms with Gasteiger partial charge in [-0.1, -0.05) is 101 Å². The van der Waals surface area contributed by atoms with Crippen LogP contribution in [0.25, 0.3) is 32.8 Å². The number of hydrogen-bond acceptors (Lipinski definition) is 4. The number of ketones is 1. The van der Waals surface area contributed by atoms with Gasteiger partial charge in [0.15, 0.2) is 5.78 Å². The number of allylic oxidation sites excluding steroid dienone is 2. The summed E-state index contributed by atoms with van der Waals surface area (Å²) >= 11 is 0. The summed E-state index contributed by atoms with van der Waals surface area (Å²) in [5.74, 6) is 1.15. The minimum absolute atomic E-state index is 0. The third-order valence-corrected chi connectivity index (χ3v) is 9.13. The molecule has 0 spiro atoms. The summed E-state index contributed by atoms with van der Waals surface area (Å²) in [7, 11) is 0. The predicted molar refractivity (Wildman–Crippen MR) is 194 cm³/mol. The number of pyridine rings is 1. The van der Waals surface area contributed by atoms with Crippen LogP contribution in [0.5, 0.6) is 0 Å². The largest absolute Gasteiger partial charge is 0.512 e. The number of fused-ring (bicyclic) bond motifs is 3. The Morgan fingerprint density at radius 1 is 0.830 bits per heavy atom. The molecule has 1 radical (unpaired) electrons. The van der Waals surface area contributed by atoms with E-state index in [9.17, 15) is 9.90 Å². The fourth-order valence-electron chi connectivity index (χ4n) is 6.59. The van der Waals surface area contributed by atoms with Crippen LogP contribution in [0.15, 0.2) is 96.9 Å². The van der Waals surface area contributed by atoms with E-state index >= 15 is 0 Å². The average molecular weight is 804 g/mol. The van der Waals surface area contributed by atoms with Gasteiger partial charge >= 0.3 is 0 Å². The Morgan fingerprint density at radius 3 is 2.15 bits per heavy atom. The first-order chi connectivity index (χ1) is 22.3. The van der Waals surface area contributed by atoms with Crippen molar-refractivity contribution in [3.63, 3.8) is 0 Å². The fraction of sp³-hybridized carbons (Fsp3) is 0.333.